The standard InChI is InChI=1S/C11H16N2OS2/c14-9-8-6-16-10(13(8)11(15)12-9)7-4-2-1-3-5-7/h7-8,10H,1-6H2,(H,12,14,15)/t8-,10?/m0/s1. The van der Waals surface area contributed by atoms with Gasteiger partial charge in [-0.3, -0.25) is 4.79 Å². The molecular weight excluding hydrogens is 240 g/mol. The van der Waals surface area contributed by atoms with E-state index in [-0.39, 0.29) is 11.9 Å². The van der Waals surface area contributed by atoms with Gasteiger partial charge < -0.3 is 10.2 Å². The van der Waals surface area contributed by atoms with Crippen molar-refractivity contribution in [3.05, 3.63) is 0 Å². The predicted molar refractivity (Wildman–Crippen MR) is 69.2 cm³/mol. The summed E-state index contributed by atoms with van der Waals surface area (Å²) in [7, 11) is 0. The van der Waals surface area contributed by atoms with E-state index in [9.17, 15) is 4.79 Å². The molecule has 0 spiro atoms. The fraction of sp³-hybridized carbons (Fsp3) is 0.818. The van der Waals surface area contributed by atoms with Crippen LogP contribution >= 0.6 is 24.0 Å². The summed E-state index contributed by atoms with van der Waals surface area (Å²) >= 11 is 7.19. The van der Waals surface area contributed by atoms with Gasteiger partial charge in [0.25, 0.3) is 0 Å². The van der Waals surface area contributed by atoms with Crippen LogP contribution in [0.3, 0.4) is 0 Å². The molecule has 1 unspecified atom stereocenters. The predicted octanol–water partition coefficient (Wildman–Crippen LogP) is 1.72. The zero-order valence-corrected chi connectivity index (χ0v) is 10.8. The molecule has 0 bridgehead atoms. The Morgan fingerprint density at radius 1 is 1.31 bits per heavy atom. The lowest BCUT2D eigenvalue weighted by molar-refractivity contribution is -0.120. The van der Waals surface area contributed by atoms with Crippen LogP contribution in [0.25, 0.3) is 0 Å². The average Bonchev–Trinajstić information content (AvgIpc) is 2.84. The van der Waals surface area contributed by atoms with E-state index in [1.165, 1.54) is 32.1 Å². The molecular formula is C11H16N2OS2. The molecule has 0 aromatic heterocycles. The van der Waals surface area contributed by atoms with Crippen LogP contribution in [-0.2, 0) is 4.79 Å². The molecule has 1 saturated carbocycles. The van der Waals surface area contributed by atoms with E-state index < -0.39 is 0 Å². The first-order chi connectivity index (χ1) is 7.77. The fourth-order valence-corrected chi connectivity index (χ4v) is 5.08. The minimum absolute atomic E-state index is 0.0180. The van der Waals surface area contributed by atoms with Crippen LogP contribution in [0, 0.1) is 5.92 Å². The molecule has 3 fully saturated rings. The summed E-state index contributed by atoms with van der Waals surface area (Å²) in [5, 5.41) is 3.91. The van der Waals surface area contributed by atoms with Gasteiger partial charge in [-0.2, -0.15) is 0 Å². The maximum absolute atomic E-state index is 11.6. The van der Waals surface area contributed by atoms with E-state index in [1.807, 2.05) is 11.8 Å². The van der Waals surface area contributed by atoms with E-state index >= 15 is 0 Å². The molecule has 3 rings (SSSR count). The van der Waals surface area contributed by atoms with Crippen molar-refractivity contribution in [2.24, 2.45) is 5.92 Å². The van der Waals surface area contributed by atoms with Crippen molar-refractivity contribution in [1.29, 1.82) is 0 Å². The third-order valence-corrected chi connectivity index (χ3v) is 5.63. The van der Waals surface area contributed by atoms with Crippen molar-refractivity contribution in [2.75, 3.05) is 5.75 Å². The van der Waals surface area contributed by atoms with Crippen molar-refractivity contribution in [3.8, 4) is 0 Å². The van der Waals surface area contributed by atoms with Crippen molar-refractivity contribution in [2.45, 2.75) is 43.5 Å². The minimum atomic E-state index is 0.0180. The molecule has 5 heteroatoms. The van der Waals surface area contributed by atoms with Gasteiger partial charge in [-0.15, -0.1) is 11.8 Å². The third-order valence-electron chi connectivity index (χ3n) is 3.86. The number of nitrogens with zero attached hydrogens (tertiary/aromatic N) is 1. The van der Waals surface area contributed by atoms with Crippen LogP contribution < -0.4 is 5.32 Å². The highest BCUT2D eigenvalue weighted by Gasteiger charge is 2.47. The Morgan fingerprint density at radius 3 is 2.81 bits per heavy atom. The van der Waals surface area contributed by atoms with Gasteiger partial charge in [-0.05, 0) is 31.0 Å². The normalized spacial score (nSPS) is 35.4. The zero-order valence-electron chi connectivity index (χ0n) is 9.15. The molecule has 2 aliphatic heterocycles. The summed E-state index contributed by atoms with van der Waals surface area (Å²) in [6.07, 6.45) is 6.66. The van der Waals surface area contributed by atoms with Crippen LogP contribution in [-0.4, -0.2) is 33.1 Å². The topological polar surface area (TPSA) is 32.3 Å². The lowest BCUT2D eigenvalue weighted by Gasteiger charge is -2.32. The molecule has 0 aromatic carbocycles. The number of thioether (sulfide) groups is 1. The second-order valence-electron chi connectivity index (χ2n) is 4.84. The van der Waals surface area contributed by atoms with E-state index in [2.05, 4.69) is 10.2 Å². The second-order valence-corrected chi connectivity index (χ2v) is 6.38. The number of rotatable bonds is 1. The van der Waals surface area contributed by atoms with E-state index in [0.29, 0.717) is 10.5 Å². The maximum Gasteiger partial charge on any atom is 0.249 e. The molecule has 3 nitrogen and oxygen atoms in total. The Labute approximate surface area is 105 Å². The number of carbonyl (C=O) groups excluding carboxylic acids is 1. The van der Waals surface area contributed by atoms with Crippen molar-refractivity contribution >= 4 is 35.0 Å². The van der Waals surface area contributed by atoms with Gasteiger partial charge >= 0.3 is 0 Å². The number of hydrogen-bond acceptors (Lipinski definition) is 3. The van der Waals surface area contributed by atoms with Gasteiger partial charge in [0.2, 0.25) is 5.91 Å². The quantitative estimate of drug-likeness (QED) is 0.724. The number of carbonyl (C=O) groups is 1. The Morgan fingerprint density at radius 2 is 2.06 bits per heavy atom. The van der Waals surface area contributed by atoms with E-state index in [0.717, 1.165) is 11.7 Å². The molecule has 2 atom stereocenters. The SMILES string of the molecule is O=C1NC(=S)N2C(C3CCCCC3)SC[C@@H]12. The molecule has 0 aromatic rings. The van der Waals surface area contributed by atoms with E-state index in [1.54, 1.807) is 0 Å². The largest absolute Gasteiger partial charge is 0.324 e. The van der Waals surface area contributed by atoms with E-state index in [4.69, 9.17) is 12.2 Å². The molecule has 3 aliphatic rings. The zero-order chi connectivity index (χ0) is 11.1. The highest BCUT2D eigenvalue weighted by Crippen LogP contribution is 2.41. The maximum atomic E-state index is 11.6. The van der Waals surface area contributed by atoms with Gasteiger partial charge in [0.05, 0.1) is 5.37 Å². The molecule has 1 N–H and O–H groups in total. The number of fused-ring (bicyclic) bond motifs is 1. The summed E-state index contributed by atoms with van der Waals surface area (Å²) < 4.78 is 0. The first kappa shape index (κ1) is 10.8. The van der Waals surface area contributed by atoms with Gasteiger partial charge in [0, 0.05) is 5.75 Å². The summed E-state index contributed by atoms with van der Waals surface area (Å²) in [4.78, 5) is 13.8. The van der Waals surface area contributed by atoms with Crippen LogP contribution in [0.15, 0.2) is 0 Å². The highest BCUT2D eigenvalue weighted by molar-refractivity contribution is 8.00. The average molecular weight is 256 g/mol. The Kier molecular flexibility index (Phi) is 2.83. The number of thiocarbonyl (C=S) groups is 1. The number of amides is 1. The van der Waals surface area contributed by atoms with Gasteiger partial charge in [-0.1, -0.05) is 19.3 Å². The molecule has 16 heavy (non-hydrogen) atoms. The molecule has 0 radical (unpaired) electrons. The van der Waals surface area contributed by atoms with Crippen molar-refractivity contribution in [3.63, 3.8) is 0 Å². The van der Waals surface area contributed by atoms with Crippen molar-refractivity contribution in [1.82, 2.24) is 10.2 Å². The highest BCUT2D eigenvalue weighted by atomic mass is 32.2. The number of nitrogens with one attached hydrogen (secondary N) is 1. The smallest absolute Gasteiger partial charge is 0.249 e. The fourth-order valence-electron chi connectivity index (χ4n) is 3.02. The Balaban J connectivity index is 1.77. The first-order valence-corrected chi connectivity index (χ1v) is 7.48. The van der Waals surface area contributed by atoms with Crippen LogP contribution in [0.4, 0.5) is 0 Å². The van der Waals surface area contributed by atoms with Crippen LogP contribution in [0.2, 0.25) is 0 Å². The molecule has 2 saturated heterocycles. The van der Waals surface area contributed by atoms with Crippen molar-refractivity contribution < 1.29 is 4.79 Å². The lowest BCUT2D eigenvalue weighted by atomic mass is 9.88. The van der Waals surface area contributed by atoms with Gasteiger partial charge in [0.15, 0.2) is 5.11 Å². The summed E-state index contributed by atoms with van der Waals surface area (Å²) in [6.45, 7) is 0. The Bertz CT molecular complexity index is 328. The molecule has 88 valence electrons. The molecule has 2 heterocycles. The summed E-state index contributed by atoms with van der Waals surface area (Å²) in [5.41, 5.74) is 0. The minimum Gasteiger partial charge on any atom is -0.324 e. The second kappa shape index (κ2) is 4.18. The molecule has 1 aliphatic carbocycles. The number of hydrogen-bond donors (Lipinski definition) is 1. The Hall–Kier alpha value is -0.290. The first-order valence-electron chi connectivity index (χ1n) is 6.02. The monoisotopic (exact) mass is 256 g/mol. The third kappa shape index (κ3) is 1.64. The van der Waals surface area contributed by atoms with Gasteiger partial charge in [0.1, 0.15) is 6.04 Å². The summed E-state index contributed by atoms with van der Waals surface area (Å²) in [5.74, 6) is 1.75. The van der Waals surface area contributed by atoms with Gasteiger partial charge in [-0.25, -0.2) is 0 Å². The van der Waals surface area contributed by atoms with Crippen LogP contribution in [0.5, 0.6) is 0 Å². The summed E-state index contributed by atoms with van der Waals surface area (Å²) in [6, 6.07) is 0.0180. The lowest BCUT2D eigenvalue weighted by Crippen LogP contribution is -2.40. The molecule has 1 amide bonds. The van der Waals surface area contributed by atoms with Crippen LogP contribution in [0.1, 0.15) is 32.1 Å².